The predicted octanol–water partition coefficient (Wildman–Crippen LogP) is 2.14. The highest BCUT2D eigenvalue weighted by molar-refractivity contribution is 5.96. The van der Waals surface area contributed by atoms with Crippen molar-refractivity contribution in [2.45, 2.75) is 12.5 Å². The maximum absolute atomic E-state index is 12.0. The number of fused-ring (bicyclic) bond motifs is 1. The molecular weight excluding hydrogens is 226 g/mol. The molecule has 1 aliphatic rings. The maximum Gasteiger partial charge on any atom is 0.229 e. The minimum atomic E-state index is 0.0253. The van der Waals surface area contributed by atoms with Gasteiger partial charge in [-0.1, -0.05) is 18.2 Å². The number of benzene rings is 1. The molecule has 0 radical (unpaired) electrons. The van der Waals surface area contributed by atoms with Gasteiger partial charge in [-0.15, -0.1) is 0 Å². The standard InChI is InChI=1S/C14H15N3O/c1-16-13-7-3-2-6-11(13)12(10-14(16)18)15-17-8-4-5-9-17/h2-9,12,15H,10H2,1H3. The smallest absolute Gasteiger partial charge is 0.229 e. The fourth-order valence-corrected chi connectivity index (χ4v) is 2.36. The van der Waals surface area contributed by atoms with Crippen molar-refractivity contribution in [1.82, 2.24) is 4.68 Å². The van der Waals surface area contributed by atoms with Crippen LogP contribution in [0.4, 0.5) is 5.69 Å². The van der Waals surface area contributed by atoms with E-state index in [4.69, 9.17) is 0 Å². The number of rotatable bonds is 2. The molecule has 1 aromatic heterocycles. The van der Waals surface area contributed by atoms with E-state index in [1.807, 2.05) is 54.4 Å². The van der Waals surface area contributed by atoms with Crippen LogP contribution in [0.3, 0.4) is 0 Å². The van der Waals surface area contributed by atoms with Crippen LogP contribution in [0.15, 0.2) is 48.8 Å². The molecule has 0 saturated carbocycles. The molecule has 1 unspecified atom stereocenters. The zero-order valence-corrected chi connectivity index (χ0v) is 10.2. The van der Waals surface area contributed by atoms with Gasteiger partial charge in [-0.3, -0.25) is 9.47 Å². The van der Waals surface area contributed by atoms with Crippen LogP contribution >= 0.6 is 0 Å². The summed E-state index contributed by atoms with van der Waals surface area (Å²) in [5, 5.41) is 0. The molecule has 1 N–H and O–H groups in total. The molecule has 0 bridgehead atoms. The highest BCUT2D eigenvalue weighted by Crippen LogP contribution is 2.33. The van der Waals surface area contributed by atoms with Crippen LogP contribution in [0.5, 0.6) is 0 Å². The number of carbonyl (C=O) groups excluding carboxylic acids is 1. The van der Waals surface area contributed by atoms with E-state index < -0.39 is 0 Å². The maximum atomic E-state index is 12.0. The lowest BCUT2D eigenvalue weighted by Crippen LogP contribution is -2.36. The van der Waals surface area contributed by atoms with E-state index >= 15 is 0 Å². The molecule has 0 spiro atoms. The van der Waals surface area contributed by atoms with Gasteiger partial charge >= 0.3 is 0 Å². The first kappa shape index (κ1) is 10.9. The second kappa shape index (κ2) is 4.22. The number of nitrogens with zero attached hydrogens (tertiary/aromatic N) is 2. The van der Waals surface area contributed by atoms with Gasteiger partial charge in [-0.05, 0) is 18.2 Å². The number of aromatic nitrogens is 1. The van der Waals surface area contributed by atoms with Crippen molar-refractivity contribution >= 4 is 11.6 Å². The van der Waals surface area contributed by atoms with Gasteiger partial charge in [0, 0.05) is 30.7 Å². The topological polar surface area (TPSA) is 37.3 Å². The molecule has 18 heavy (non-hydrogen) atoms. The summed E-state index contributed by atoms with van der Waals surface area (Å²) >= 11 is 0. The van der Waals surface area contributed by atoms with E-state index in [-0.39, 0.29) is 11.9 Å². The first-order valence-electron chi connectivity index (χ1n) is 6.01. The lowest BCUT2D eigenvalue weighted by Gasteiger charge is -2.32. The fourth-order valence-electron chi connectivity index (χ4n) is 2.36. The summed E-state index contributed by atoms with van der Waals surface area (Å²) in [5.74, 6) is 0.137. The van der Waals surface area contributed by atoms with Crippen LogP contribution in [-0.2, 0) is 4.79 Å². The summed E-state index contributed by atoms with van der Waals surface area (Å²) < 4.78 is 1.89. The summed E-state index contributed by atoms with van der Waals surface area (Å²) in [4.78, 5) is 13.7. The largest absolute Gasteiger partial charge is 0.318 e. The summed E-state index contributed by atoms with van der Waals surface area (Å²) in [6.45, 7) is 0. The van der Waals surface area contributed by atoms with Crippen molar-refractivity contribution in [1.29, 1.82) is 0 Å². The molecule has 1 amide bonds. The Morgan fingerprint density at radius 1 is 1.17 bits per heavy atom. The van der Waals surface area contributed by atoms with Crippen LogP contribution < -0.4 is 10.3 Å². The van der Waals surface area contributed by atoms with Gasteiger partial charge < -0.3 is 10.3 Å². The third-order valence-corrected chi connectivity index (χ3v) is 3.34. The minimum absolute atomic E-state index is 0.0253. The third kappa shape index (κ3) is 1.76. The molecule has 1 aliphatic heterocycles. The van der Waals surface area contributed by atoms with Crippen molar-refractivity contribution in [2.75, 3.05) is 17.4 Å². The minimum Gasteiger partial charge on any atom is -0.318 e. The Bertz CT molecular complexity index is 562. The van der Waals surface area contributed by atoms with Gasteiger partial charge in [0.2, 0.25) is 5.91 Å². The quantitative estimate of drug-likeness (QED) is 0.874. The summed E-state index contributed by atoms with van der Waals surface area (Å²) in [5.41, 5.74) is 5.48. The number of carbonyl (C=O) groups is 1. The van der Waals surface area contributed by atoms with Crippen molar-refractivity contribution in [3.8, 4) is 0 Å². The van der Waals surface area contributed by atoms with Crippen LogP contribution in [0.2, 0.25) is 0 Å². The Hall–Kier alpha value is -2.23. The molecule has 0 saturated heterocycles. The number of anilines is 1. The molecular formula is C14H15N3O. The van der Waals surface area contributed by atoms with E-state index in [1.54, 1.807) is 4.90 Å². The number of para-hydroxylation sites is 1. The Morgan fingerprint density at radius 3 is 2.67 bits per heavy atom. The molecule has 92 valence electrons. The Labute approximate surface area is 106 Å². The second-order valence-corrected chi connectivity index (χ2v) is 4.49. The van der Waals surface area contributed by atoms with Crippen LogP contribution in [0, 0.1) is 0 Å². The van der Waals surface area contributed by atoms with Crippen LogP contribution in [0.1, 0.15) is 18.0 Å². The number of hydrogen-bond acceptors (Lipinski definition) is 2. The Balaban J connectivity index is 1.96. The zero-order valence-electron chi connectivity index (χ0n) is 10.2. The molecule has 1 atom stereocenters. The van der Waals surface area contributed by atoms with E-state index in [1.165, 1.54) is 0 Å². The number of hydrogen-bond donors (Lipinski definition) is 1. The lowest BCUT2D eigenvalue weighted by molar-refractivity contribution is -0.119. The molecule has 1 aromatic carbocycles. The number of nitrogens with one attached hydrogen (secondary N) is 1. The molecule has 0 fully saturated rings. The Kier molecular flexibility index (Phi) is 2.55. The zero-order chi connectivity index (χ0) is 12.5. The predicted molar refractivity (Wildman–Crippen MR) is 71.0 cm³/mol. The lowest BCUT2D eigenvalue weighted by atomic mass is 9.97. The van der Waals surface area contributed by atoms with Gasteiger partial charge in [0.15, 0.2) is 0 Å². The van der Waals surface area contributed by atoms with E-state index in [2.05, 4.69) is 11.5 Å². The van der Waals surface area contributed by atoms with Gasteiger partial charge in [0.1, 0.15) is 0 Å². The van der Waals surface area contributed by atoms with Crippen molar-refractivity contribution in [3.05, 3.63) is 54.4 Å². The average molecular weight is 241 g/mol. The van der Waals surface area contributed by atoms with Gasteiger partial charge in [-0.2, -0.15) is 0 Å². The molecule has 0 aliphatic carbocycles. The molecule has 3 rings (SSSR count). The van der Waals surface area contributed by atoms with Gasteiger partial charge in [0.25, 0.3) is 0 Å². The van der Waals surface area contributed by atoms with Crippen molar-refractivity contribution < 1.29 is 4.79 Å². The Morgan fingerprint density at radius 2 is 1.89 bits per heavy atom. The third-order valence-electron chi connectivity index (χ3n) is 3.34. The molecule has 2 heterocycles. The molecule has 4 nitrogen and oxygen atoms in total. The first-order chi connectivity index (χ1) is 8.75. The monoisotopic (exact) mass is 241 g/mol. The van der Waals surface area contributed by atoms with E-state index in [0.29, 0.717) is 6.42 Å². The van der Waals surface area contributed by atoms with Gasteiger partial charge in [-0.25, -0.2) is 0 Å². The van der Waals surface area contributed by atoms with E-state index in [0.717, 1.165) is 11.3 Å². The highest BCUT2D eigenvalue weighted by Gasteiger charge is 2.28. The first-order valence-corrected chi connectivity index (χ1v) is 6.01. The fraction of sp³-hybridized carbons (Fsp3) is 0.214. The van der Waals surface area contributed by atoms with Crippen molar-refractivity contribution in [2.24, 2.45) is 0 Å². The average Bonchev–Trinajstić information content (AvgIpc) is 2.89. The normalized spacial score (nSPS) is 18.6. The van der Waals surface area contributed by atoms with Crippen molar-refractivity contribution in [3.63, 3.8) is 0 Å². The number of amides is 1. The van der Waals surface area contributed by atoms with Crippen LogP contribution in [0.25, 0.3) is 0 Å². The molecule has 2 aromatic rings. The second-order valence-electron chi connectivity index (χ2n) is 4.49. The van der Waals surface area contributed by atoms with E-state index in [9.17, 15) is 4.79 Å². The van der Waals surface area contributed by atoms with Gasteiger partial charge in [0.05, 0.1) is 12.5 Å². The summed E-state index contributed by atoms with van der Waals surface area (Å²) in [6.07, 6.45) is 4.35. The summed E-state index contributed by atoms with van der Waals surface area (Å²) in [6, 6.07) is 12.0. The molecule has 4 heteroatoms. The SMILES string of the molecule is CN1C(=O)CC(Nn2cccc2)c2ccccc21. The highest BCUT2D eigenvalue weighted by atomic mass is 16.2. The summed E-state index contributed by atoms with van der Waals surface area (Å²) in [7, 11) is 1.83. The van der Waals surface area contributed by atoms with Crippen LogP contribution in [-0.4, -0.2) is 17.6 Å².